The van der Waals surface area contributed by atoms with E-state index in [9.17, 15) is 4.79 Å². The first-order chi connectivity index (χ1) is 12.7. The molecule has 0 aromatic heterocycles. The number of ether oxygens (including phenoxy) is 2. The number of carbonyl (C=O) groups excluding carboxylic acids is 1. The lowest BCUT2D eigenvalue weighted by Gasteiger charge is -2.22. The molecule has 27 heavy (non-hydrogen) atoms. The number of hydrogen-bond donors (Lipinski definition) is 1. The number of rotatable bonds is 7. The maximum atomic E-state index is 12.7. The molecule has 0 saturated heterocycles. The van der Waals surface area contributed by atoms with Gasteiger partial charge in [0.2, 0.25) is 0 Å². The Morgan fingerprint density at radius 3 is 2.26 bits per heavy atom. The molecule has 2 rings (SSSR count). The summed E-state index contributed by atoms with van der Waals surface area (Å²) >= 11 is 0. The molecule has 2 atom stereocenters. The Hall–Kier alpha value is -2.49. The van der Waals surface area contributed by atoms with E-state index in [2.05, 4.69) is 50.4 Å². The van der Waals surface area contributed by atoms with Crippen LogP contribution in [0, 0.1) is 0 Å². The summed E-state index contributed by atoms with van der Waals surface area (Å²) in [5.74, 6) is 1.21. The number of benzene rings is 2. The van der Waals surface area contributed by atoms with Crippen LogP contribution in [0.2, 0.25) is 0 Å². The van der Waals surface area contributed by atoms with Gasteiger partial charge in [0.15, 0.2) is 6.10 Å². The lowest BCUT2D eigenvalue weighted by atomic mass is 9.86. The Morgan fingerprint density at radius 2 is 1.70 bits per heavy atom. The van der Waals surface area contributed by atoms with E-state index in [1.165, 1.54) is 5.56 Å². The molecule has 0 heterocycles. The fourth-order valence-electron chi connectivity index (χ4n) is 2.82. The first kappa shape index (κ1) is 20.8. The van der Waals surface area contributed by atoms with Crippen molar-refractivity contribution < 1.29 is 14.3 Å². The summed E-state index contributed by atoms with van der Waals surface area (Å²) < 4.78 is 11.1. The zero-order valence-corrected chi connectivity index (χ0v) is 17.2. The molecule has 0 saturated carbocycles. The van der Waals surface area contributed by atoms with Crippen LogP contribution in [0.15, 0.2) is 48.5 Å². The molecule has 1 amide bonds. The Bertz CT molecular complexity index is 747. The van der Waals surface area contributed by atoms with Crippen molar-refractivity contribution in [2.75, 3.05) is 7.11 Å². The van der Waals surface area contributed by atoms with E-state index in [0.717, 1.165) is 5.56 Å². The molecule has 2 aromatic carbocycles. The van der Waals surface area contributed by atoms with Crippen LogP contribution in [0.25, 0.3) is 0 Å². The van der Waals surface area contributed by atoms with Gasteiger partial charge in [-0.05, 0) is 42.0 Å². The topological polar surface area (TPSA) is 47.6 Å². The van der Waals surface area contributed by atoms with Crippen LogP contribution >= 0.6 is 0 Å². The second kappa shape index (κ2) is 8.94. The Morgan fingerprint density at radius 1 is 1.07 bits per heavy atom. The van der Waals surface area contributed by atoms with Crippen LogP contribution in [-0.2, 0) is 10.2 Å². The van der Waals surface area contributed by atoms with Crippen molar-refractivity contribution in [2.24, 2.45) is 0 Å². The highest BCUT2D eigenvalue weighted by Crippen LogP contribution is 2.24. The molecule has 0 spiro atoms. The zero-order chi connectivity index (χ0) is 20.0. The van der Waals surface area contributed by atoms with Gasteiger partial charge in [0.05, 0.1) is 13.2 Å². The Kier molecular flexibility index (Phi) is 6.89. The maximum Gasteiger partial charge on any atom is 0.261 e. The summed E-state index contributed by atoms with van der Waals surface area (Å²) in [4.78, 5) is 12.7. The summed E-state index contributed by atoms with van der Waals surface area (Å²) in [6.07, 6.45) is 0.0343. The molecule has 4 heteroatoms. The summed E-state index contributed by atoms with van der Waals surface area (Å²) in [5, 5.41) is 3.06. The van der Waals surface area contributed by atoms with Gasteiger partial charge in [0, 0.05) is 6.07 Å². The van der Waals surface area contributed by atoms with Crippen molar-refractivity contribution in [1.82, 2.24) is 5.32 Å². The van der Waals surface area contributed by atoms with Crippen molar-refractivity contribution in [3.05, 3.63) is 59.7 Å². The average Bonchev–Trinajstić information content (AvgIpc) is 2.65. The Labute approximate surface area is 162 Å². The monoisotopic (exact) mass is 369 g/mol. The number of amides is 1. The molecule has 1 N–H and O–H groups in total. The van der Waals surface area contributed by atoms with Gasteiger partial charge in [-0.15, -0.1) is 0 Å². The minimum atomic E-state index is -0.548. The van der Waals surface area contributed by atoms with Crippen LogP contribution in [0.1, 0.15) is 58.2 Å². The molecule has 0 aliphatic rings. The number of carbonyl (C=O) groups is 1. The lowest BCUT2D eigenvalue weighted by Crippen LogP contribution is -2.39. The van der Waals surface area contributed by atoms with Crippen molar-refractivity contribution in [3.63, 3.8) is 0 Å². The third-order valence-corrected chi connectivity index (χ3v) is 4.62. The van der Waals surface area contributed by atoms with E-state index in [4.69, 9.17) is 9.47 Å². The highest BCUT2D eigenvalue weighted by atomic mass is 16.5. The zero-order valence-electron chi connectivity index (χ0n) is 17.2. The highest BCUT2D eigenvalue weighted by Gasteiger charge is 2.21. The largest absolute Gasteiger partial charge is 0.497 e. The van der Waals surface area contributed by atoms with Crippen LogP contribution in [0.4, 0.5) is 0 Å². The smallest absolute Gasteiger partial charge is 0.261 e. The van der Waals surface area contributed by atoms with Crippen molar-refractivity contribution >= 4 is 5.91 Å². The summed E-state index contributed by atoms with van der Waals surface area (Å²) in [7, 11) is 1.61. The molecule has 0 aliphatic heterocycles. The van der Waals surface area contributed by atoms with Gasteiger partial charge in [0.25, 0.3) is 5.91 Å². The molecule has 0 bridgehead atoms. The number of nitrogens with one attached hydrogen (secondary N) is 1. The quantitative estimate of drug-likeness (QED) is 0.745. The maximum absolute atomic E-state index is 12.7. The van der Waals surface area contributed by atoms with E-state index in [1.807, 2.05) is 32.0 Å². The van der Waals surface area contributed by atoms with Crippen molar-refractivity contribution in [2.45, 2.75) is 58.6 Å². The lowest BCUT2D eigenvalue weighted by molar-refractivity contribution is -0.128. The van der Waals surface area contributed by atoms with Crippen LogP contribution in [-0.4, -0.2) is 19.1 Å². The second-order valence-corrected chi connectivity index (χ2v) is 7.80. The van der Waals surface area contributed by atoms with Gasteiger partial charge >= 0.3 is 0 Å². The molecular weight excluding hydrogens is 338 g/mol. The molecule has 0 aliphatic carbocycles. The summed E-state index contributed by atoms with van der Waals surface area (Å²) in [5.41, 5.74) is 2.47. The number of hydrogen-bond acceptors (Lipinski definition) is 3. The van der Waals surface area contributed by atoms with Crippen molar-refractivity contribution in [3.8, 4) is 11.5 Å². The first-order valence-electron chi connectivity index (χ1n) is 9.46. The van der Waals surface area contributed by atoms with Gasteiger partial charge in [-0.1, -0.05) is 58.0 Å². The fourth-order valence-corrected chi connectivity index (χ4v) is 2.82. The number of methoxy groups -OCH3 is 1. The first-order valence-corrected chi connectivity index (χ1v) is 9.46. The van der Waals surface area contributed by atoms with E-state index in [0.29, 0.717) is 17.9 Å². The van der Waals surface area contributed by atoms with Gasteiger partial charge in [0.1, 0.15) is 11.5 Å². The normalized spacial score (nSPS) is 13.6. The predicted molar refractivity (Wildman–Crippen MR) is 109 cm³/mol. The molecule has 0 radical (unpaired) electrons. The molecular formula is C23H31NO3. The Balaban J connectivity index is 2.02. The SMILES string of the molecule is CC[C@H](Oc1cccc(OC)c1)C(=O)N[C@@H](C)c1ccc(C(C)(C)C)cc1. The van der Waals surface area contributed by atoms with Gasteiger partial charge < -0.3 is 14.8 Å². The van der Waals surface area contributed by atoms with Gasteiger partial charge in [-0.2, -0.15) is 0 Å². The molecule has 146 valence electrons. The van der Waals surface area contributed by atoms with Gasteiger partial charge in [-0.25, -0.2) is 0 Å². The van der Waals surface area contributed by atoms with Crippen molar-refractivity contribution in [1.29, 1.82) is 0 Å². The highest BCUT2D eigenvalue weighted by molar-refractivity contribution is 5.81. The van der Waals surface area contributed by atoms with E-state index in [1.54, 1.807) is 13.2 Å². The van der Waals surface area contributed by atoms with Crippen LogP contribution in [0.5, 0.6) is 11.5 Å². The summed E-state index contributed by atoms with van der Waals surface area (Å²) in [6, 6.07) is 15.6. The molecule has 4 nitrogen and oxygen atoms in total. The third kappa shape index (κ3) is 5.75. The van der Waals surface area contributed by atoms with Crippen LogP contribution < -0.4 is 14.8 Å². The predicted octanol–water partition coefficient (Wildman–Crippen LogP) is 5.03. The minimum Gasteiger partial charge on any atom is -0.497 e. The second-order valence-electron chi connectivity index (χ2n) is 7.80. The summed E-state index contributed by atoms with van der Waals surface area (Å²) in [6.45, 7) is 10.5. The minimum absolute atomic E-state index is 0.0884. The standard InChI is InChI=1S/C23H31NO3/c1-7-21(27-20-10-8-9-19(15-20)26-6)22(25)24-16(2)17-11-13-18(14-12-17)23(3,4)5/h8-16,21H,7H2,1-6H3,(H,24,25)/t16-,21-/m0/s1. The molecule has 2 aromatic rings. The van der Waals surface area contributed by atoms with Gasteiger partial charge in [-0.3, -0.25) is 4.79 Å². The molecule has 0 unspecified atom stereocenters. The fraction of sp³-hybridized carbons (Fsp3) is 0.435. The van der Waals surface area contributed by atoms with E-state index < -0.39 is 6.10 Å². The van der Waals surface area contributed by atoms with Crippen LogP contribution in [0.3, 0.4) is 0 Å². The molecule has 0 fully saturated rings. The van der Waals surface area contributed by atoms with E-state index >= 15 is 0 Å². The van der Waals surface area contributed by atoms with E-state index in [-0.39, 0.29) is 17.4 Å². The third-order valence-electron chi connectivity index (χ3n) is 4.62. The average molecular weight is 370 g/mol.